The summed E-state index contributed by atoms with van der Waals surface area (Å²) in [5.74, 6) is -0.550. The van der Waals surface area contributed by atoms with Gasteiger partial charge in [-0.1, -0.05) is 24.3 Å². The van der Waals surface area contributed by atoms with E-state index in [0.717, 1.165) is 11.3 Å². The van der Waals surface area contributed by atoms with Gasteiger partial charge in [0.05, 0.1) is 0 Å². The van der Waals surface area contributed by atoms with Gasteiger partial charge in [-0.05, 0) is 23.6 Å². The molecule has 3 N–H and O–H groups in total. The fourth-order valence-corrected chi connectivity index (χ4v) is 3.34. The maximum atomic E-state index is 11.8. The SMILES string of the molecule is NC(Oc1ccccc1)C(=O)NS(=O)(=O)c1cccs1. The van der Waals surface area contributed by atoms with E-state index in [1.54, 1.807) is 41.8 Å². The van der Waals surface area contributed by atoms with E-state index in [1.165, 1.54) is 6.07 Å². The van der Waals surface area contributed by atoms with Crippen LogP contribution in [0.25, 0.3) is 0 Å². The molecule has 0 fully saturated rings. The molecule has 1 aromatic heterocycles. The number of carbonyl (C=O) groups is 1. The number of sulfonamides is 1. The zero-order valence-electron chi connectivity index (χ0n) is 10.2. The third kappa shape index (κ3) is 3.56. The fourth-order valence-electron chi connectivity index (χ4n) is 1.36. The summed E-state index contributed by atoms with van der Waals surface area (Å²) in [6.45, 7) is 0. The van der Waals surface area contributed by atoms with Crippen LogP contribution in [-0.2, 0) is 14.8 Å². The summed E-state index contributed by atoms with van der Waals surface area (Å²) < 4.78 is 30.7. The molecule has 1 heterocycles. The molecule has 0 radical (unpaired) electrons. The highest BCUT2D eigenvalue weighted by Crippen LogP contribution is 2.15. The van der Waals surface area contributed by atoms with Gasteiger partial charge in [-0.25, -0.2) is 13.1 Å². The molecular weight excluding hydrogens is 300 g/mol. The Morgan fingerprint density at radius 2 is 1.90 bits per heavy atom. The average Bonchev–Trinajstić information content (AvgIpc) is 2.94. The summed E-state index contributed by atoms with van der Waals surface area (Å²) in [6.07, 6.45) is -1.41. The molecule has 1 amide bonds. The number of para-hydroxylation sites is 1. The largest absolute Gasteiger partial charge is 0.466 e. The normalized spacial score (nSPS) is 12.7. The monoisotopic (exact) mass is 312 g/mol. The van der Waals surface area contributed by atoms with Gasteiger partial charge in [-0.2, -0.15) is 0 Å². The Balaban J connectivity index is 2.02. The summed E-state index contributed by atoms with van der Waals surface area (Å²) in [4.78, 5) is 11.7. The molecule has 6 nitrogen and oxygen atoms in total. The lowest BCUT2D eigenvalue weighted by Crippen LogP contribution is -2.46. The number of rotatable bonds is 5. The first kappa shape index (κ1) is 14.5. The standard InChI is InChI=1S/C12H12N2O4S2/c13-11(18-9-5-2-1-3-6-9)12(15)14-20(16,17)10-7-4-8-19-10/h1-8,11H,13H2,(H,14,15). The van der Waals surface area contributed by atoms with Crippen LogP contribution in [0.1, 0.15) is 0 Å². The fraction of sp³-hybridized carbons (Fsp3) is 0.0833. The quantitative estimate of drug-likeness (QED) is 0.800. The molecule has 106 valence electrons. The van der Waals surface area contributed by atoms with Crippen LogP contribution >= 0.6 is 11.3 Å². The van der Waals surface area contributed by atoms with Gasteiger partial charge in [0.25, 0.3) is 15.9 Å². The molecule has 2 rings (SSSR count). The van der Waals surface area contributed by atoms with Crippen LogP contribution in [0.3, 0.4) is 0 Å². The molecule has 2 aromatic rings. The van der Waals surface area contributed by atoms with Crippen molar-refractivity contribution in [3.8, 4) is 5.75 Å². The van der Waals surface area contributed by atoms with Gasteiger partial charge in [0.1, 0.15) is 9.96 Å². The van der Waals surface area contributed by atoms with Crippen LogP contribution in [0.5, 0.6) is 5.75 Å². The summed E-state index contributed by atoms with van der Waals surface area (Å²) in [7, 11) is -3.89. The van der Waals surface area contributed by atoms with E-state index in [4.69, 9.17) is 10.5 Å². The minimum Gasteiger partial charge on any atom is -0.466 e. The Morgan fingerprint density at radius 1 is 1.20 bits per heavy atom. The highest BCUT2D eigenvalue weighted by molar-refractivity contribution is 7.92. The van der Waals surface area contributed by atoms with Crippen LogP contribution in [0.4, 0.5) is 0 Å². The molecule has 0 saturated carbocycles. The van der Waals surface area contributed by atoms with Gasteiger partial charge in [0.15, 0.2) is 0 Å². The van der Waals surface area contributed by atoms with Crippen LogP contribution < -0.4 is 15.2 Å². The second-order valence-corrected chi connectivity index (χ2v) is 6.61. The van der Waals surface area contributed by atoms with Gasteiger partial charge in [-0.15, -0.1) is 11.3 Å². The van der Waals surface area contributed by atoms with Gasteiger partial charge >= 0.3 is 0 Å². The lowest BCUT2D eigenvalue weighted by atomic mass is 10.3. The number of ether oxygens (including phenoxy) is 1. The lowest BCUT2D eigenvalue weighted by Gasteiger charge is -2.14. The van der Waals surface area contributed by atoms with Crippen LogP contribution in [-0.4, -0.2) is 20.6 Å². The molecule has 0 bridgehead atoms. The first-order chi connectivity index (χ1) is 9.49. The summed E-state index contributed by atoms with van der Waals surface area (Å²) in [6, 6.07) is 11.4. The summed E-state index contributed by atoms with van der Waals surface area (Å²) in [5.41, 5.74) is 5.51. The molecule has 0 aliphatic heterocycles. The lowest BCUT2D eigenvalue weighted by molar-refractivity contribution is -0.125. The molecule has 1 aromatic carbocycles. The van der Waals surface area contributed by atoms with Crippen molar-refractivity contribution >= 4 is 27.3 Å². The van der Waals surface area contributed by atoms with Gasteiger partial charge < -0.3 is 4.74 Å². The van der Waals surface area contributed by atoms with E-state index in [-0.39, 0.29) is 4.21 Å². The third-order valence-corrected chi connectivity index (χ3v) is 5.00. The topological polar surface area (TPSA) is 98.5 Å². The van der Waals surface area contributed by atoms with E-state index >= 15 is 0 Å². The Hall–Kier alpha value is -1.90. The van der Waals surface area contributed by atoms with Crippen molar-refractivity contribution in [1.82, 2.24) is 4.72 Å². The third-order valence-electron chi connectivity index (χ3n) is 2.26. The molecule has 1 atom stereocenters. The van der Waals surface area contributed by atoms with Crippen molar-refractivity contribution in [3.63, 3.8) is 0 Å². The molecule has 0 saturated heterocycles. The number of thiophene rings is 1. The molecular formula is C12H12N2O4S2. The van der Waals surface area contributed by atoms with Crippen molar-refractivity contribution < 1.29 is 17.9 Å². The maximum Gasteiger partial charge on any atom is 0.290 e. The van der Waals surface area contributed by atoms with Crippen LogP contribution in [0.2, 0.25) is 0 Å². The average molecular weight is 312 g/mol. The number of benzene rings is 1. The van der Waals surface area contributed by atoms with E-state index in [0.29, 0.717) is 5.75 Å². The molecule has 1 unspecified atom stereocenters. The number of hydrogen-bond donors (Lipinski definition) is 2. The van der Waals surface area contributed by atoms with Crippen LogP contribution in [0, 0.1) is 0 Å². The number of nitrogens with one attached hydrogen (secondary N) is 1. The minimum atomic E-state index is -3.89. The van der Waals surface area contributed by atoms with Crippen molar-refractivity contribution in [2.24, 2.45) is 5.73 Å². The number of nitrogens with two attached hydrogens (primary N) is 1. The molecule has 20 heavy (non-hydrogen) atoms. The molecule has 0 aliphatic rings. The summed E-state index contributed by atoms with van der Waals surface area (Å²) >= 11 is 1.00. The van der Waals surface area contributed by atoms with Crippen LogP contribution in [0.15, 0.2) is 52.1 Å². The number of amides is 1. The Labute approximate surface area is 120 Å². The Morgan fingerprint density at radius 3 is 2.50 bits per heavy atom. The zero-order valence-corrected chi connectivity index (χ0v) is 11.9. The van der Waals surface area contributed by atoms with Crippen molar-refractivity contribution in [1.29, 1.82) is 0 Å². The predicted octanol–water partition coefficient (Wildman–Crippen LogP) is 0.917. The van der Waals surface area contributed by atoms with Gasteiger partial charge in [0, 0.05) is 0 Å². The highest BCUT2D eigenvalue weighted by atomic mass is 32.2. The second kappa shape index (κ2) is 6.04. The van der Waals surface area contributed by atoms with E-state index in [2.05, 4.69) is 0 Å². The number of carbonyl (C=O) groups excluding carboxylic acids is 1. The number of hydrogen-bond acceptors (Lipinski definition) is 6. The highest BCUT2D eigenvalue weighted by Gasteiger charge is 2.23. The zero-order chi connectivity index (χ0) is 14.6. The first-order valence-electron chi connectivity index (χ1n) is 5.56. The van der Waals surface area contributed by atoms with Gasteiger partial charge in [-0.3, -0.25) is 10.5 Å². The van der Waals surface area contributed by atoms with Crippen molar-refractivity contribution in [3.05, 3.63) is 47.8 Å². The summed E-state index contributed by atoms with van der Waals surface area (Å²) in [5, 5.41) is 1.60. The first-order valence-corrected chi connectivity index (χ1v) is 7.93. The smallest absolute Gasteiger partial charge is 0.290 e. The Bertz CT molecular complexity index is 669. The minimum absolute atomic E-state index is 0.0396. The predicted molar refractivity (Wildman–Crippen MR) is 74.7 cm³/mol. The van der Waals surface area contributed by atoms with Crippen molar-refractivity contribution in [2.45, 2.75) is 10.4 Å². The van der Waals surface area contributed by atoms with E-state index in [9.17, 15) is 13.2 Å². The second-order valence-electron chi connectivity index (χ2n) is 3.75. The molecule has 0 spiro atoms. The van der Waals surface area contributed by atoms with E-state index < -0.39 is 22.2 Å². The molecule has 0 aliphatic carbocycles. The van der Waals surface area contributed by atoms with E-state index in [1.807, 2.05) is 4.72 Å². The van der Waals surface area contributed by atoms with Gasteiger partial charge in [0.2, 0.25) is 6.23 Å². The Kier molecular flexibility index (Phi) is 4.38. The molecule has 8 heteroatoms. The van der Waals surface area contributed by atoms with Crippen molar-refractivity contribution in [2.75, 3.05) is 0 Å². The maximum absolute atomic E-state index is 11.8.